The Morgan fingerprint density at radius 2 is 2.00 bits per heavy atom. The fraction of sp³-hybridized carbons (Fsp3) is 0.143. The lowest BCUT2D eigenvalue weighted by atomic mass is 10.1. The van der Waals surface area contributed by atoms with Crippen molar-refractivity contribution < 1.29 is 0 Å². The number of benzene rings is 1. The third-order valence-corrected chi connectivity index (χ3v) is 2.99. The van der Waals surface area contributed by atoms with Crippen LogP contribution in [0.2, 0.25) is 0 Å². The van der Waals surface area contributed by atoms with Crippen molar-refractivity contribution in [1.82, 2.24) is 4.98 Å². The Morgan fingerprint density at radius 1 is 1.13 bits per heavy atom. The second kappa shape index (κ2) is 3.13. The maximum atomic E-state index is 3.46. The minimum Gasteiger partial charge on any atom is -0.355 e. The molecule has 1 aliphatic carbocycles. The van der Waals surface area contributed by atoms with E-state index in [0.29, 0.717) is 0 Å². The molecule has 0 amide bonds. The van der Waals surface area contributed by atoms with Crippen molar-refractivity contribution >= 4 is 17.0 Å². The third kappa shape index (κ3) is 1.32. The molecule has 1 heterocycles. The van der Waals surface area contributed by atoms with Gasteiger partial charge in [-0.25, -0.2) is 0 Å². The first-order valence-corrected chi connectivity index (χ1v) is 5.29. The van der Waals surface area contributed by atoms with Crippen LogP contribution in [-0.4, -0.2) is 4.98 Å². The molecule has 0 bridgehead atoms. The van der Waals surface area contributed by atoms with Gasteiger partial charge in [0.25, 0.3) is 0 Å². The standard InChI is InChI=1S/C14H13N/c1-10-6-8-12-11-4-2-3-5-13(11)15-14(12)9-7-10/h2-7,9,15H,8H2,1H3. The van der Waals surface area contributed by atoms with E-state index in [2.05, 4.69) is 54.4 Å². The maximum absolute atomic E-state index is 3.46. The summed E-state index contributed by atoms with van der Waals surface area (Å²) in [4.78, 5) is 3.46. The number of aromatic amines is 1. The first-order valence-electron chi connectivity index (χ1n) is 5.29. The van der Waals surface area contributed by atoms with Crippen LogP contribution in [0.4, 0.5) is 0 Å². The van der Waals surface area contributed by atoms with Gasteiger partial charge in [-0.2, -0.15) is 0 Å². The number of fused-ring (bicyclic) bond motifs is 3. The van der Waals surface area contributed by atoms with E-state index in [1.165, 1.54) is 27.7 Å². The van der Waals surface area contributed by atoms with Crippen LogP contribution in [0.25, 0.3) is 17.0 Å². The molecule has 2 aromatic rings. The summed E-state index contributed by atoms with van der Waals surface area (Å²) in [6.45, 7) is 2.14. The SMILES string of the molecule is CC1=CCc2c([nH]c3ccccc23)C=C1. The van der Waals surface area contributed by atoms with Gasteiger partial charge in [-0.15, -0.1) is 0 Å². The summed E-state index contributed by atoms with van der Waals surface area (Å²) < 4.78 is 0. The highest BCUT2D eigenvalue weighted by atomic mass is 14.7. The third-order valence-electron chi connectivity index (χ3n) is 2.99. The smallest absolute Gasteiger partial charge is 0.0461 e. The molecule has 1 aliphatic rings. The minimum atomic E-state index is 1.03. The summed E-state index contributed by atoms with van der Waals surface area (Å²) in [6, 6.07) is 8.49. The highest BCUT2D eigenvalue weighted by molar-refractivity contribution is 5.87. The average molecular weight is 195 g/mol. The van der Waals surface area contributed by atoms with Gasteiger partial charge in [-0.3, -0.25) is 0 Å². The van der Waals surface area contributed by atoms with Gasteiger partial charge in [0.05, 0.1) is 0 Å². The second-order valence-electron chi connectivity index (χ2n) is 4.05. The number of H-pyrrole nitrogens is 1. The molecule has 0 saturated heterocycles. The van der Waals surface area contributed by atoms with Crippen LogP contribution >= 0.6 is 0 Å². The molecule has 74 valence electrons. The van der Waals surface area contributed by atoms with E-state index in [4.69, 9.17) is 0 Å². The number of rotatable bonds is 0. The summed E-state index contributed by atoms with van der Waals surface area (Å²) in [5, 5.41) is 1.35. The fourth-order valence-electron chi connectivity index (χ4n) is 2.13. The number of hydrogen-bond donors (Lipinski definition) is 1. The molecule has 1 aromatic carbocycles. The van der Waals surface area contributed by atoms with Gasteiger partial charge in [-0.1, -0.05) is 35.9 Å². The van der Waals surface area contributed by atoms with Crippen molar-refractivity contribution in [3.8, 4) is 0 Å². The van der Waals surface area contributed by atoms with Gasteiger partial charge in [0.1, 0.15) is 0 Å². The van der Waals surface area contributed by atoms with Crippen molar-refractivity contribution in [2.45, 2.75) is 13.3 Å². The molecular formula is C14H13N. The van der Waals surface area contributed by atoms with Gasteiger partial charge in [0.15, 0.2) is 0 Å². The molecule has 1 heteroatoms. The zero-order valence-corrected chi connectivity index (χ0v) is 8.75. The molecule has 0 atom stereocenters. The van der Waals surface area contributed by atoms with Crippen molar-refractivity contribution in [2.75, 3.05) is 0 Å². The molecule has 0 radical (unpaired) electrons. The number of allylic oxidation sites excluding steroid dienone is 3. The molecule has 1 nitrogen and oxygen atoms in total. The molecule has 1 aromatic heterocycles. The lowest BCUT2D eigenvalue weighted by Crippen LogP contribution is -1.81. The first kappa shape index (κ1) is 8.54. The highest BCUT2D eigenvalue weighted by Gasteiger charge is 2.09. The fourth-order valence-corrected chi connectivity index (χ4v) is 2.13. The van der Waals surface area contributed by atoms with Gasteiger partial charge < -0.3 is 4.98 Å². The maximum Gasteiger partial charge on any atom is 0.0461 e. The van der Waals surface area contributed by atoms with E-state index < -0.39 is 0 Å². The van der Waals surface area contributed by atoms with Crippen molar-refractivity contribution in [3.63, 3.8) is 0 Å². The Labute approximate surface area is 89.1 Å². The summed E-state index contributed by atoms with van der Waals surface area (Å²) in [7, 11) is 0. The Hall–Kier alpha value is -1.76. The zero-order chi connectivity index (χ0) is 10.3. The topological polar surface area (TPSA) is 15.8 Å². The summed E-state index contributed by atoms with van der Waals surface area (Å²) in [5.74, 6) is 0. The zero-order valence-electron chi connectivity index (χ0n) is 8.75. The van der Waals surface area contributed by atoms with Gasteiger partial charge in [0, 0.05) is 16.6 Å². The van der Waals surface area contributed by atoms with Gasteiger partial charge in [-0.05, 0) is 31.1 Å². The largest absolute Gasteiger partial charge is 0.355 e. The molecule has 0 fully saturated rings. The van der Waals surface area contributed by atoms with Crippen LogP contribution in [0.1, 0.15) is 18.2 Å². The quantitative estimate of drug-likeness (QED) is 0.660. The molecule has 0 aliphatic heterocycles. The molecule has 3 rings (SSSR count). The first-order chi connectivity index (χ1) is 7.34. The van der Waals surface area contributed by atoms with E-state index in [9.17, 15) is 0 Å². The molecule has 0 unspecified atom stereocenters. The second-order valence-corrected chi connectivity index (χ2v) is 4.05. The van der Waals surface area contributed by atoms with Crippen LogP contribution in [0.5, 0.6) is 0 Å². The van der Waals surface area contributed by atoms with Crippen molar-refractivity contribution in [3.05, 3.63) is 53.2 Å². The van der Waals surface area contributed by atoms with Crippen LogP contribution in [0, 0.1) is 0 Å². The van der Waals surface area contributed by atoms with Crippen LogP contribution in [-0.2, 0) is 6.42 Å². The van der Waals surface area contributed by atoms with Crippen LogP contribution < -0.4 is 0 Å². The highest BCUT2D eigenvalue weighted by Crippen LogP contribution is 2.26. The predicted molar refractivity (Wildman–Crippen MR) is 64.8 cm³/mol. The van der Waals surface area contributed by atoms with Gasteiger partial charge in [0.2, 0.25) is 0 Å². The van der Waals surface area contributed by atoms with Crippen molar-refractivity contribution in [1.29, 1.82) is 0 Å². The molecular weight excluding hydrogens is 182 g/mol. The number of nitrogens with one attached hydrogen (secondary N) is 1. The summed E-state index contributed by atoms with van der Waals surface area (Å²) in [6.07, 6.45) is 7.65. The van der Waals surface area contributed by atoms with E-state index in [0.717, 1.165) is 6.42 Å². The number of hydrogen-bond acceptors (Lipinski definition) is 0. The number of aromatic nitrogens is 1. The van der Waals surface area contributed by atoms with Crippen molar-refractivity contribution in [2.24, 2.45) is 0 Å². The Morgan fingerprint density at radius 3 is 2.93 bits per heavy atom. The molecule has 15 heavy (non-hydrogen) atoms. The normalized spacial score (nSPS) is 14.9. The summed E-state index contributed by atoms with van der Waals surface area (Å²) >= 11 is 0. The van der Waals surface area contributed by atoms with Gasteiger partial charge >= 0.3 is 0 Å². The van der Waals surface area contributed by atoms with E-state index in [-0.39, 0.29) is 0 Å². The number of para-hydroxylation sites is 1. The van der Waals surface area contributed by atoms with Crippen LogP contribution in [0.3, 0.4) is 0 Å². The minimum absolute atomic E-state index is 1.03. The summed E-state index contributed by atoms with van der Waals surface area (Å²) in [5.41, 5.74) is 5.24. The lowest BCUT2D eigenvalue weighted by Gasteiger charge is -1.94. The Bertz CT molecular complexity index is 570. The van der Waals surface area contributed by atoms with E-state index in [1.54, 1.807) is 0 Å². The Balaban J connectivity index is 2.29. The van der Waals surface area contributed by atoms with Crippen LogP contribution in [0.15, 0.2) is 42.0 Å². The lowest BCUT2D eigenvalue weighted by molar-refractivity contribution is 1.25. The molecule has 0 spiro atoms. The monoisotopic (exact) mass is 195 g/mol. The Kier molecular flexibility index (Phi) is 1.78. The molecule has 0 saturated carbocycles. The van der Waals surface area contributed by atoms with E-state index in [1.807, 2.05) is 0 Å². The average Bonchev–Trinajstić information content (AvgIpc) is 2.51. The predicted octanol–water partition coefficient (Wildman–Crippen LogP) is 3.68. The van der Waals surface area contributed by atoms with E-state index >= 15 is 0 Å². The molecule has 1 N–H and O–H groups in total.